The molecule has 0 bridgehead atoms. The molecule has 0 spiro atoms. The zero-order valence-electron chi connectivity index (χ0n) is 20.0. The van der Waals surface area contributed by atoms with Crippen LogP contribution in [0.1, 0.15) is 40.0 Å². The summed E-state index contributed by atoms with van der Waals surface area (Å²) in [4.78, 5) is 31.7. The second-order valence-electron chi connectivity index (χ2n) is 8.69. The van der Waals surface area contributed by atoms with Gasteiger partial charge in [-0.25, -0.2) is 9.79 Å². The van der Waals surface area contributed by atoms with Gasteiger partial charge in [0.1, 0.15) is 12.1 Å². The molecule has 2 N–H and O–H groups in total. The number of hydrogen-bond donors (Lipinski definition) is 2. The van der Waals surface area contributed by atoms with Crippen LogP contribution in [0.4, 0.5) is 4.79 Å². The fraction of sp³-hybridized carbons (Fsp3) is 0.857. The van der Waals surface area contributed by atoms with Crippen molar-refractivity contribution < 1.29 is 23.8 Å². The SMILES string of the molecule is COCCNC(=NCC(=O)N(C)C)N1CCC(OCCCNC(=O)OC(C)(C)C)CC1. The highest BCUT2D eigenvalue weighted by Gasteiger charge is 2.22. The number of carbonyl (C=O) groups excluding carboxylic acids is 2. The van der Waals surface area contributed by atoms with Gasteiger partial charge in [-0.05, 0) is 40.0 Å². The van der Waals surface area contributed by atoms with Crippen LogP contribution in [-0.4, -0.2) is 107 Å². The Morgan fingerprint density at radius 1 is 1.10 bits per heavy atom. The number of alkyl carbamates (subject to hydrolysis) is 1. The van der Waals surface area contributed by atoms with E-state index in [1.54, 1.807) is 21.2 Å². The number of carbonyl (C=O) groups is 2. The summed E-state index contributed by atoms with van der Waals surface area (Å²) in [6.45, 7) is 9.54. The lowest BCUT2D eigenvalue weighted by Gasteiger charge is -2.34. The van der Waals surface area contributed by atoms with E-state index in [9.17, 15) is 9.59 Å². The lowest BCUT2D eigenvalue weighted by atomic mass is 10.1. The van der Waals surface area contributed by atoms with Gasteiger partial charge in [0.25, 0.3) is 0 Å². The van der Waals surface area contributed by atoms with E-state index in [1.165, 1.54) is 4.90 Å². The summed E-state index contributed by atoms with van der Waals surface area (Å²) < 4.78 is 16.3. The van der Waals surface area contributed by atoms with Gasteiger partial charge in [-0.1, -0.05) is 0 Å². The van der Waals surface area contributed by atoms with Gasteiger partial charge in [0.05, 0.1) is 12.7 Å². The Labute approximate surface area is 186 Å². The maximum atomic E-state index is 11.9. The van der Waals surface area contributed by atoms with Crippen LogP contribution < -0.4 is 10.6 Å². The van der Waals surface area contributed by atoms with Gasteiger partial charge in [-0.2, -0.15) is 0 Å². The fourth-order valence-corrected chi connectivity index (χ4v) is 2.88. The summed E-state index contributed by atoms with van der Waals surface area (Å²) in [7, 11) is 5.10. The van der Waals surface area contributed by atoms with E-state index >= 15 is 0 Å². The number of piperidine rings is 1. The molecular weight excluding hydrogens is 402 g/mol. The van der Waals surface area contributed by atoms with Crippen LogP contribution in [0.3, 0.4) is 0 Å². The minimum absolute atomic E-state index is 0.0377. The molecule has 0 saturated carbocycles. The number of likely N-dealkylation sites (N-methyl/N-ethyl adjacent to an activating group) is 1. The van der Waals surface area contributed by atoms with Gasteiger partial charge >= 0.3 is 6.09 Å². The maximum absolute atomic E-state index is 11.9. The first-order valence-electron chi connectivity index (χ1n) is 10.9. The number of guanidine groups is 1. The van der Waals surface area contributed by atoms with Crippen molar-refractivity contribution in [3.8, 4) is 0 Å². The van der Waals surface area contributed by atoms with Crippen LogP contribution in [0.25, 0.3) is 0 Å². The van der Waals surface area contributed by atoms with Gasteiger partial charge in [0.15, 0.2) is 5.96 Å². The van der Waals surface area contributed by atoms with Crippen LogP contribution in [-0.2, 0) is 19.0 Å². The molecular formula is C21H41N5O5. The second kappa shape index (κ2) is 14.1. The Balaban J connectivity index is 2.34. The van der Waals surface area contributed by atoms with E-state index in [2.05, 4.69) is 20.5 Å². The second-order valence-corrected chi connectivity index (χ2v) is 8.69. The molecule has 0 aromatic carbocycles. The van der Waals surface area contributed by atoms with Crippen LogP contribution in [0.5, 0.6) is 0 Å². The topological polar surface area (TPSA) is 105 Å². The van der Waals surface area contributed by atoms with Crippen molar-refractivity contribution in [2.45, 2.75) is 51.7 Å². The van der Waals surface area contributed by atoms with Gasteiger partial charge < -0.3 is 34.6 Å². The molecule has 2 amide bonds. The van der Waals surface area contributed by atoms with Gasteiger partial charge in [0, 0.05) is 54.0 Å². The Kier molecular flexibility index (Phi) is 12.2. The van der Waals surface area contributed by atoms with Crippen LogP contribution >= 0.6 is 0 Å². The third kappa shape index (κ3) is 12.4. The highest BCUT2D eigenvalue weighted by molar-refractivity contribution is 5.84. The normalized spacial score (nSPS) is 15.5. The van der Waals surface area contributed by atoms with E-state index in [4.69, 9.17) is 14.2 Å². The van der Waals surface area contributed by atoms with Crippen molar-refractivity contribution in [1.82, 2.24) is 20.4 Å². The van der Waals surface area contributed by atoms with Crippen molar-refractivity contribution in [2.75, 3.05) is 67.1 Å². The van der Waals surface area contributed by atoms with Gasteiger partial charge in [-0.15, -0.1) is 0 Å². The van der Waals surface area contributed by atoms with E-state index in [1.807, 2.05) is 20.8 Å². The lowest BCUT2D eigenvalue weighted by Crippen LogP contribution is -2.48. The highest BCUT2D eigenvalue weighted by Crippen LogP contribution is 2.14. The molecule has 1 fully saturated rings. The molecule has 10 nitrogen and oxygen atoms in total. The number of ether oxygens (including phenoxy) is 3. The molecule has 0 aromatic rings. The van der Waals surface area contributed by atoms with Crippen molar-refractivity contribution in [2.24, 2.45) is 4.99 Å². The summed E-state index contributed by atoms with van der Waals surface area (Å²) in [6, 6.07) is 0. The van der Waals surface area contributed by atoms with Crippen molar-refractivity contribution in [3.63, 3.8) is 0 Å². The third-order valence-corrected chi connectivity index (χ3v) is 4.54. The molecule has 0 aromatic heterocycles. The molecule has 1 heterocycles. The lowest BCUT2D eigenvalue weighted by molar-refractivity contribution is -0.127. The summed E-state index contributed by atoms with van der Waals surface area (Å²) in [5, 5.41) is 6.01. The molecule has 0 radical (unpaired) electrons. The van der Waals surface area contributed by atoms with Crippen molar-refractivity contribution in [3.05, 3.63) is 0 Å². The van der Waals surface area contributed by atoms with Crippen LogP contribution in [0.2, 0.25) is 0 Å². The summed E-state index contributed by atoms with van der Waals surface area (Å²) in [5.41, 5.74) is -0.491. The highest BCUT2D eigenvalue weighted by atomic mass is 16.6. The fourth-order valence-electron chi connectivity index (χ4n) is 2.88. The van der Waals surface area contributed by atoms with Gasteiger partial charge in [-0.3, -0.25) is 4.79 Å². The molecule has 1 aliphatic rings. The smallest absolute Gasteiger partial charge is 0.407 e. The number of likely N-dealkylation sites (tertiary alicyclic amines) is 1. The van der Waals surface area contributed by atoms with E-state index < -0.39 is 11.7 Å². The van der Waals surface area contributed by atoms with E-state index in [-0.39, 0.29) is 18.6 Å². The Morgan fingerprint density at radius 3 is 2.35 bits per heavy atom. The average Bonchev–Trinajstić information content (AvgIpc) is 2.69. The predicted molar refractivity (Wildman–Crippen MR) is 120 cm³/mol. The number of hydrogen-bond acceptors (Lipinski definition) is 6. The first-order valence-corrected chi connectivity index (χ1v) is 10.9. The average molecular weight is 444 g/mol. The monoisotopic (exact) mass is 443 g/mol. The molecule has 180 valence electrons. The summed E-state index contributed by atoms with van der Waals surface area (Å²) in [5.74, 6) is 0.691. The Morgan fingerprint density at radius 2 is 1.77 bits per heavy atom. The molecule has 1 aliphatic heterocycles. The number of methoxy groups -OCH3 is 1. The van der Waals surface area contributed by atoms with E-state index in [0.29, 0.717) is 26.3 Å². The summed E-state index contributed by atoms with van der Waals surface area (Å²) >= 11 is 0. The predicted octanol–water partition coefficient (Wildman–Crippen LogP) is 1.06. The first kappa shape index (κ1) is 27.0. The molecule has 0 unspecified atom stereocenters. The number of rotatable bonds is 10. The molecule has 10 heteroatoms. The number of aliphatic imine (C=N–C) groups is 1. The van der Waals surface area contributed by atoms with E-state index in [0.717, 1.165) is 38.3 Å². The number of amides is 2. The largest absolute Gasteiger partial charge is 0.444 e. The number of nitrogens with zero attached hydrogens (tertiary/aromatic N) is 3. The van der Waals surface area contributed by atoms with Crippen molar-refractivity contribution in [1.29, 1.82) is 0 Å². The molecule has 31 heavy (non-hydrogen) atoms. The minimum atomic E-state index is -0.491. The zero-order valence-corrected chi connectivity index (χ0v) is 20.0. The van der Waals surface area contributed by atoms with Crippen molar-refractivity contribution >= 4 is 18.0 Å². The standard InChI is InChI=1S/C21H41N5O5/c1-21(2,3)31-20(28)23-10-7-14-30-17-8-12-26(13-9-17)19(22-11-15-29-6)24-16-18(27)25(4)5/h17H,7-16H2,1-6H3,(H,22,24)(H,23,28). The quantitative estimate of drug-likeness (QED) is 0.296. The van der Waals surface area contributed by atoms with Crippen LogP contribution in [0.15, 0.2) is 4.99 Å². The molecule has 0 aliphatic carbocycles. The molecule has 0 atom stereocenters. The minimum Gasteiger partial charge on any atom is -0.444 e. The molecule has 1 saturated heterocycles. The molecule has 1 rings (SSSR count). The number of nitrogens with one attached hydrogen (secondary N) is 2. The Hall–Kier alpha value is -2.07. The third-order valence-electron chi connectivity index (χ3n) is 4.54. The first-order chi connectivity index (χ1) is 14.6. The van der Waals surface area contributed by atoms with Crippen LogP contribution in [0, 0.1) is 0 Å². The maximum Gasteiger partial charge on any atom is 0.407 e. The Bertz CT molecular complexity index is 569. The summed E-state index contributed by atoms with van der Waals surface area (Å²) in [6.07, 6.45) is 2.28. The zero-order chi connectivity index (χ0) is 23.3. The van der Waals surface area contributed by atoms with Gasteiger partial charge in [0.2, 0.25) is 5.91 Å².